The maximum Gasteiger partial charge on any atom is 1.00 e. The van der Waals surface area contributed by atoms with Crippen LogP contribution in [0.1, 0.15) is 64.8 Å². The van der Waals surface area contributed by atoms with Crippen molar-refractivity contribution in [3.63, 3.8) is 0 Å². The molecule has 0 bridgehead atoms. The molecule has 5 aromatic heterocycles. The molecule has 0 atom stereocenters. The third kappa shape index (κ3) is 27.3. The Labute approximate surface area is 550 Å². The zero-order chi connectivity index (χ0) is 62.6. The number of halogens is 4. The van der Waals surface area contributed by atoms with Crippen molar-refractivity contribution in [3.05, 3.63) is 276 Å². The number of nitrogens with zero attached hydrogens (tertiary/aromatic N) is 10. The first-order chi connectivity index (χ1) is 42.1. The first-order valence-electron chi connectivity index (χ1n) is 27.0. The second-order valence-electron chi connectivity index (χ2n) is 18.2. The number of alkyl halides is 3. The molecule has 17 nitrogen and oxygen atoms in total. The number of aromatic hydroxyl groups is 1. The number of aromatic nitrogens is 10. The van der Waals surface area contributed by atoms with Gasteiger partial charge in [0.1, 0.15) is 45.2 Å². The average Bonchev–Trinajstić information content (AvgIpc) is 2.85. The van der Waals surface area contributed by atoms with E-state index >= 15 is 0 Å². The fourth-order valence-electron chi connectivity index (χ4n) is 7.33. The molecular weight excluding hydrogens is 1230 g/mol. The summed E-state index contributed by atoms with van der Waals surface area (Å²) in [5.74, 6) is 3.42. The number of phenols is 1. The van der Waals surface area contributed by atoms with Crippen molar-refractivity contribution in [2.75, 3.05) is 35.8 Å². The Balaban J connectivity index is 0.000000234. The predicted molar refractivity (Wildman–Crippen MR) is 358 cm³/mol. The van der Waals surface area contributed by atoms with Gasteiger partial charge in [0, 0.05) is 61.6 Å². The van der Waals surface area contributed by atoms with E-state index in [1.807, 2.05) is 146 Å². The normalized spacial score (nSPS) is 9.86. The molecule has 11 aromatic rings. The number of nitrogens with two attached hydrogens (primary N) is 5. The number of methoxy groups -OCH3 is 1. The third-order valence-electron chi connectivity index (χ3n) is 11.8. The fourth-order valence-corrected chi connectivity index (χ4v) is 7.65. The van der Waals surface area contributed by atoms with Crippen LogP contribution in [0.25, 0.3) is 22.5 Å². The molecule has 11 N–H and O–H groups in total. The van der Waals surface area contributed by atoms with Gasteiger partial charge in [0.05, 0.1) is 66.1 Å². The van der Waals surface area contributed by atoms with E-state index in [0.717, 1.165) is 75.0 Å². The molecule has 0 aliphatic carbocycles. The van der Waals surface area contributed by atoms with Gasteiger partial charge < -0.3 is 45.4 Å². The van der Waals surface area contributed by atoms with Crippen molar-refractivity contribution in [1.29, 1.82) is 0 Å². The van der Waals surface area contributed by atoms with Crippen LogP contribution in [0, 0.1) is 6.92 Å². The quantitative estimate of drug-likeness (QED) is 0.0376. The molecule has 0 saturated heterocycles. The van der Waals surface area contributed by atoms with Crippen LogP contribution in [0.2, 0.25) is 0 Å². The van der Waals surface area contributed by atoms with E-state index < -0.39 is 4.30 Å². The van der Waals surface area contributed by atoms with Crippen molar-refractivity contribution < 1.29 is 28.7 Å². The van der Waals surface area contributed by atoms with Crippen LogP contribution >= 0.6 is 50.7 Å². The van der Waals surface area contributed by atoms with Crippen LogP contribution in [-0.4, -0.2) is 66.4 Å². The molecule has 0 aliphatic heterocycles. The minimum absolute atomic E-state index is 0. The number of phenolic OH excluding ortho intramolecular Hbond substituents is 1. The summed E-state index contributed by atoms with van der Waals surface area (Å²) in [6.45, 7) is 5.72. The third-order valence-corrected chi connectivity index (χ3v) is 12.1. The van der Waals surface area contributed by atoms with Gasteiger partial charge in [0.2, 0.25) is 0 Å². The zero-order valence-electron chi connectivity index (χ0n) is 49.0. The maximum atomic E-state index is 9.34. The van der Waals surface area contributed by atoms with Gasteiger partial charge in [-0.15, -0.1) is 0 Å². The van der Waals surface area contributed by atoms with Gasteiger partial charge >= 0.3 is 18.9 Å². The predicted octanol–water partition coefficient (Wildman–Crippen LogP) is 11.1. The fraction of sp³-hybridized carbons (Fsp3) is 0.136. The summed E-state index contributed by atoms with van der Waals surface area (Å²) >= 11 is 17.7. The topological polar surface area (TPSA) is 288 Å². The monoisotopic (exact) mass is 1290 g/mol. The molecule has 448 valence electrons. The van der Waals surface area contributed by atoms with Crippen molar-refractivity contribution in [1.82, 2.24) is 49.8 Å². The Morgan fingerprint density at radius 1 is 0.466 bits per heavy atom. The zero-order valence-corrected chi connectivity index (χ0v) is 52.9. The van der Waals surface area contributed by atoms with E-state index in [9.17, 15) is 5.11 Å². The molecule has 0 saturated carbocycles. The number of hydrogen-bond acceptors (Lipinski definition) is 17. The van der Waals surface area contributed by atoms with Gasteiger partial charge in [-0.2, -0.15) is 6.42 Å². The summed E-state index contributed by atoms with van der Waals surface area (Å²) in [6.07, 6.45) is 17.9. The Morgan fingerprint density at radius 2 is 0.818 bits per heavy atom. The molecule has 0 aliphatic rings. The number of benzene rings is 6. The number of rotatable bonds is 12. The van der Waals surface area contributed by atoms with Crippen LogP contribution in [0.5, 0.6) is 11.5 Å². The van der Waals surface area contributed by atoms with Crippen LogP contribution in [0.4, 0.5) is 29.1 Å². The van der Waals surface area contributed by atoms with E-state index in [4.69, 9.17) is 68.2 Å². The van der Waals surface area contributed by atoms with Crippen molar-refractivity contribution >= 4 is 79.8 Å². The molecule has 0 amide bonds. The van der Waals surface area contributed by atoms with Gasteiger partial charge in [-0.05, 0) is 86.7 Å². The van der Waals surface area contributed by atoms with Gasteiger partial charge in [0.15, 0.2) is 4.30 Å². The van der Waals surface area contributed by atoms with E-state index in [-0.39, 0.29) is 24.6 Å². The molecule has 5 heterocycles. The van der Waals surface area contributed by atoms with E-state index in [2.05, 4.69) is 91.7 Å². The van der Waals surface area contributed by atoms with Crippen molar-refractivity contribution in [3.8, 4) is 34.0 Å². The smallest absolute Gasteiger partial charge is 0.508 e. The maximum absolute atomic E-state index is 9.34. The number of anilines is 5. The van der Waals surface area contributed by atoms with Crippen LogP contribution < -0.4 is 52.3 Å². The summed E-state index contributed by atoms with van der Waals surface area (Å²) in [5.41, 5.74) is 39.8. The second-order valence-corrected chi connectivity index (χ2v) is 21.0. The molecule has 0 unspecified atom stereocenters. The van der Waals surface area contributed by atoms with E-state index in [1.54, 1.807) is 62.6 Å². The second kappa shape index (κ2) is 40.6. The average molecular weight is 1300 g/mol. The Morgan fingerprint density at radius 3 is 1.17 bits per heavy atom. The Bertz CT molecular complexity index is 3670. The van der Waals surface area contributed by atoms with Crippen molar-refractivity contribution in [2.45, 2.75) is 49.7 Å². The number of ether oxygens (including phenoxy) is 1. The number of unbranched alkanes of at least 4 members (excludes halogenated alkanes) is 1. The first-order valence-corrected chi connectivity index (χ1v) is 29.1. The summed E-state index contributed by atoms with van der Waals surface area (Å²) in [6, 6.07) is 54.9. The van der Waals surface area contributed by atoms with E-state index in [1.165, 1.54) is 23.7 Å². The SMILES string of the molecule is COc1ccc(-c2cnc(N)c(Cc3ccccc3)n2)cc1.ClC(Cl)Cl.Nc1cnccn1.Nc1ncc(-c2ccc(O)cc2)nc1Cc1ccccc1.Nc1ncc(Br)nc1Cc1ccccc1.Nc1nccnc1Cc1ccccc1.[CH2-]CCC.[Li+]. The number of nitrogen functional groups attached to an aromatic ring is 5. The minimum atomic E-state index is -0.750. The summed E-state index contributed by atoms with van der Waals surface area (Å²) in [4.78, 5) is 41.7. The van der Waals surface area contributed by atoms with Gasteiger partial charge in [-0.1, -0.05) is 169 Å². The van der Waals surface area contributed by atoms with Gasteiger partial charge in [-0.3, -0.25) is 9.97 Å². The van der Waals surface area contributed by atoms with Crippen LogP contribution in [0.3, 0.4) is 0 Å². The van der Waals surface area contributed by atoms with Gasteiger partial charge in [0.25, 0.3) is 0 Å². The minimum Gasteiger partial charge on any atom is -0.508 e. The standard InChI is InChI=1S/C18H17N3O.C17H15N3O.C11H10BrN3.C11H11N3.C4H5N3.C4H9.CHCl3.Li/c1-22-15-9-7-14(8-10-15)17-12-20-18(19)16(21-17)11-13-5-3-2-4-6-13;18-17-15(10-12-4-2-1-3-5-12)20-16(11-19-17)13-6-8-14(21)9-7-13;12-10-7-14-11(13)9(15-10)6-8-4-2-1-3-5-8;12-11-10(13-6-7-14-11)8-9-4-2-1-3-5-9;5-4-3-6-1-2-7-4;1-3-4-2;2-1(3)4;/h2-10,12H,11H2,1H3,(H2,19,20);1-9,11,21H,10H2,(H2,18,19);1-5,7H,6H2,(H2,13,14);1-7H,8H2,(H2,12,14);1-3H,(H2,5,7);1,3-4H2,2H3;1H;/q;;;;;-1;;+1. The summed E-state index contributed by atoms with van der Waals surface area (Å²) in [7, 11) is 1.65. The molecule has 0 fully saturated rings. The molecule has 22 heteroatoms. The van der Waals surface area contributed by atoms with Crippen LogP contribution in [0.15, 0.2) is 224 Å². The Kier molecular flexibility index (Phi) is 33.1. The Hall–Kier alpha value is -8.73. The molecule has 6 aromatic carbocycles. The number of hydrogen-bond donors (Lipinski definition) is 6. The molecule has 0 spiro atoms. The molecule has 11 rings (SSSR count). The summed E-state index contributed by atoms with van der Waals surface area (Å²) < 4.78 is 5.13. The molecule has 88 heavy (non-hydrogen) atoms. The van der Waals surface area contributed by atoms with E-state index in [0.29, 0.717) is 53.0 Å². The summed E-state index contributed by atoms with van der Waals surface area (Å²) in [5, 5.41) is 9.34. The molecule has 0 radical (unpaired) electrons. The first kappa shape index (κ1) is 71.7. The van der Waals surface area contributed by atoms with Crippen LogP contribution in [-0.2, 0) is 25.7 Å². The molecular formula is C66H68BrCl3LiN15O2. The van der Waals surface area contributed by atoms with Gasteiger partial charge in [-0.25, -0.2) is 39.9 Å². The van der Waals surface area contributed by atoms with Crippen molar-refractivity contribution in [2.24, 2.45) is 0 Å². The largest absolute Gasteiger partial charge is 1.00 e.